The normalized spacial score (nSPS) is 11.7. The largest absolute Gasteiger partial charge is 0.256 e. The highest BCUT2D eigenvalue weighted by molar-refractivity contribution is 5.94. The van der Waals surface area contributed by atoms with E-state index in [4.69, 9.17) is 15.0 Å². The second kappa shape index (κ2) is 20.3. The van der Waals surface area contributed by atoms with Crippen LogP contribution in [0, 0.1) is 6.92 Å². The minimum Gasteiger partial charge on any atom is -0.256 e. The van der Waals surface area contributed by atoms with Gasteiger partial charge in [0.05, 0.1) is 17.1 Å². The molecule has 0 aliphatic rings. The molecule has 0 amide bonds. The molecule has 0 saturated carbocycles. The van der Waals surface area contributed by atoms with Gasteiger partial charge in [-0.3, -0.25) is 15.0 Å². The molecule has 11 aromatic rings. The SMILES string of the molecule is Cc1cc(-c2ccc(-c3ccccc3-c3cc(-c4ccccc4-c4ccc(-c5cc(C(C)(C)C)ccn5)cc4)cc(-c4ccccc4-c4ccc(-c5cc(C(C)(C)C)ccn5)cc4)c3)cc2)ncc1-c1ccccc1. The fourth-order valence-electron chi connectivity index (χ4n) is 10.3. The van der Waals surface area contributed by atoms with E-state index in [-0.39, 0.29) is 10.8 Å². The second-order valence-corrected chi connectivity index (χ2v) is 21.8. The van der Waals surface area contributed by atoms with Crippen molar-refractivity contribution < 1.29 is 0 Å². The first-order valence-corrected chi connectivity index (χ1v) is 26.0. The Kier molecular flexibility index (Phi) is 13.1. The van der Waals surface area contributed by atoms with Crippen molar-refractivity contribution in [1.82, 2.24) is 15.0 Å². The molecule has 364 valence electrons. The Balaban J connectivity index is 1.01. The zero-order chi connectivity index (χ0) is 51.7. The van der Waals surface area contributed by atoms with Crippen LogP contribution in [-0.2, 0) is 10.8 Å². The molecule has 3 heterocycles. The molecular weight excluding hydrogens is 907 g/mol. The Morgan fingerprint density at radius 1 is 0.253 bits per heavy atom. The summed E-state index contributed by atoms with van der Waals surface area (Å²) >= 11 is 0. The Morgan fingerprint density at radius 3 is 0.880 bits per heavy atom. The Hall–Kier alpha value is -8.79. The molecule has 75 heavy (non-hydrogen) atoms. The molecule has 3 aromatic heterocycles. The zero-order valence-corrected chi connectivity index (χ0v) is 43.9. The second-order valence-electron chi connectivity index (χ2n) is 21.8. The summed E-state index contributed by atoms with van der Waals surface area (Å²) in [4.78, 5) is 14.5. The van der Waals surface area contributed by atoms with Gasteiger partial charge in [0.2, 0.25) is 0 Å². The number of hydrogen-bond acceptors (Lipinski definition) is 3. The van der Waals surface area contributed by atoms with E-state index in [0.29, 0.717) is 0 Å². The monoisotopic (exact) mass is 967 g/mol. The molecule has 0 aliphatic carbocycles. The molecule has 3 heteroatoms. The summed E-state index contributed by atoms with van der Waals surface area (Å²) in [5, 5.41) is 0. The quantitative estimate of drug-likeness (QED) is 0.137. The first kappa shape index (κ1) is 48.5. The van der Waals surface area contributed by atoms with Crippen LogP contribution in [0.4, 0.5) is 0 Å². The third kappa shape index (κ3) is 10.3. The van der Waals surface area contributed by atoms with Gasteiger partial charge in [-0.25, -0.2) is 0 Å². The van der Waals surface area contributed by atoms with E-state index in [9.17, 15) is 0 Å². The molecule has 0 bridgehead atoms. The van der Waals surface area contributed by atoms with Crippen LogP contribution in [0.5, 0.6) is 0 Å². The molecule has 0 N–H and O–H groups in total. The third-order valence-electron chi connectivity index (χ3n) is 14.6. The van der Waals surface area contributed by atoms with Crippen LogP contribution < -0.4 is 0 Å². The predicted octanol–water partition coefficient (Wildman–Crippen LogP) is 19.4. The van der Waals surface area contributed by atoms with Crippen molar-refractivity contribution in [3.05, 3.63) is 260 Å². The molecule has 0 fully saturated rings. The lowest BCUT2D eigenvalue weighted by molar-refractivity contribution is 0.589. The molecule has 0 spiro atoms. The summed E-state index contributed by atoms with van der Waals surface area (Å²) in [7, 11) is 0. The maximum Gasteiger partial charge on any atom is 0.0705 e. The van der Waals surface area contributed by atoms with Gasteiger partial charge in [0.1, 0.15) is 0 Å². The summed E-state index contributed by atoms with van der Waals surface area (Å²) in [5.41, 5.74) is 26.2. The van der Waals surface area contributed by atoms with E-state index in [1.807, 2.05) is 24.7 Å². The van der Waals surface area contributed by atoms with Crippen molar-refractivity contribution in [3.8, 4) is 112 Å². The maximum atomic E-state index is 4.94. The van der Waals surface area contributed by atoms with Gasteiger partial charge in [-0.15, -0.1) is 0 Å². The smallest absolute Gasteiger partial charge is 0.0705 e. The number of pyridine rings is 3. The molecule has 3 nitrogen and oxygen atoms in total. The van der Waals surface area contributed by atoms with Crippen LogP contribution in [0.15, 0.2) is 243 Å². The van der Waals surface area contributed by atoms with E-state index in [1.54, 1.807) is 0 Å². The van der Waals surface area contributed by atoms with E-state index in [0.717, 1.165) is 95.0 Å². The zero-order valence-electron chi connectivity index (χ0n) is 43.9. The summed E-state index contributed by atoms with van der Waals surface area (Å²) in [6.45, 7) is 15.6. The van der Waals surface area contributed by atoms with E-state index in [2.05, 4.69) is 267 Å². The van der Waals surface area contributed by atoms with Gasteiger partial charge in [-0.2, -0.15) is 0 Å². The molecule has 0 aliphatic heterocycles. The third-order valence-corrected chi connectivity index (χ3v) is 14.6. The van der Waals surface area contributed by atoms with Crippen molar-refractivity contribution in [2.75, 3.05) is 0 Å². The van der Waals surface area contributed by atoms with Gasteiger partial charge in [0.15, 0.2) is 0 Å². The first-order chi connectivity index (χ1) is 36.3. The average Bonchev–Trinajstić information content (AvgIpc) is 3.45. The van der Waals surface area contributed by atoms with Gasteiger partial charge in [-0.05, 0) is 155 Å². The number of hydrogen-bond donors (Lipinski definition) is 0. The average molecular weight is 968 g/mol. The number of benzene rings is 8. The molecule has 0 radical (unpaired) electrons. The van der Waals surface area contributed by atoms with Crippen LogP contribution in [0.3, 0.4) is 0 Å². The minimum atomic E-state index is 0.0324. The van der Waals surface area contributed by atoms with E-state index in [1.165, 1.54) is 33.4 Å². The number of nitrogens with zero attached hydrogens (tertiary/aromatic N) is 3. The topological polar surface area (TPSA) is 38.7 Å². The van der Waals surface area contributed by atoms with Crippen molar-refractivity contribution >= 4 is 0 Å². The van der Waals surface area contributed by atoms with Crippen LogP contribution in [0.2, 0.25) is 0 Å². The van der Waals surface area contributed by atoms with Gasteiger partial charge in [-0.1, -0.05) is 217 Å². The number of aryl methyl sites for hydroxylation is 1. The highest BCUT2D eigenvalue weighted by atomic mass is 14.7. The van der Waals surface area contributed by atoms with Gasteiger partial charge in [0.25, 0.3) is 0 Å². The lowest BCUT2D eigenvalue weighted by Crippen LogP contribution is -2.11. The Bertz CT molecular complexity index is 3650. The van der Waals surface area contributed by atoms with Crippen LogP contribution in [-0.4, -0.2) is 15.0 Å². The Labute approximate surface area is 443 Å². The van der Waals surface area contributed by atoms with Gasteiger partial charge >= 0.3 is 0 Å². The summed E-state index contributed by atoms with van der Waals surface area (Å²) in [6, 6.07) is 81.6. The highest BCUT2D eigenvalue weighted by Gasteiger charge is 2.19. The number of rotatable bonds is 10. The highest BCUT2D eigenvalue weighted by Crippen LogP contribution is 2.43. The predicted molar refractivity (Wildman–Crippen MR) is 316 cm³/mol. The lowest BCUT2D eigenvalue weighted by Gasteiger charge is -2.19. The summed E-state index contributed by atoms with van der Waals surface area (Å²) < 4.78 is 0. The molecule has 8 aromatic carbocycles. The fraction of sp³-hybridized carbons (Fsp3) is 0.125. The fourth-order valence-corrected chi connectivity index (χ4v) is 10.3. The van der Waals surface area contributed by atoms with Gasteiger partial charge in [0, 0.05) is 40.8 Å². The molecule has 0 atom stereocenters. The minimum absolute atomic E-state index is 0.0324. The van der Waals surface area contributed by atoms with E-state index < -0.39 is 0 Å². The summed E-state index contributed by atoms with van der Waals surface area (Å²) in [5.74, 6) is 0. The molecule has 0 unspecified atom stereocenters. The summed E-state index contributed by atoms with van der Waals surface area (Å²) in [6.07, 6.45) is 5.86. The standard InChI is InChI=1S/C72H61N3/c1-48-41-68(75-47-67(48)49-17-9-8-10-18-49)53-31-25-50(26-32-53)61-19-11-14-22-64(61)56-42-57(65-23-15-12-20-62(65)51-27-33-54(34-28-51)69-45-59(37-39-73-69)71(2,3)4)44-58(43-56)66-24-16-13-21-63(66)52-29-35-55(36-30-52)70-46-60(38-40-74-70)72(5,6)7/h8-47H,1-7H3. The van der Waals surface area contributed by atoms with Crippen molar-refractivity contribution in [2.45, 2.75) is 59.3 Å². The van der Waals surface area contributed by atoms with Gasteiger partial charge < -0.3 is 0 Å². The lowest BCUT2D eigenvalue weighted by atomic mass is 9.85. The molecule has 11 rings (SSSR count). The first-order valence-electron chi connectivity index (χ1n) is 26.0. The van der Waals surface area contributed by atoms with Crippen LogP contribution in [0.25, 0.3) is 112 Å². The van der Waals surface area contributed by atoms with Crippen LogP contribution in [0.1, 0.15) is 58.2 Å². The van der Waals surface area contributed by atoms with Crippen LogP contribution >= 0.6 is 0 Å². The Morgan fingerprint density at radius 2 is 0.547 bits per heavy atom. The van der Waals surface area contributed by atoms with E-state index >= 15 is 0 Å². The van der Waals surface area contributed by atoms with Crippen molar-refractivity contribution in [2.24, 2.45) is 0 Å². The maximum absolute atomic E-state index is 4.94. The molecular formula is C72H61N3. The molecule has 0 saturated heterocycles. The number of aromatic nitrogens is 3. The van der Waals surface area contributed by atoms with Crippen molar-refractivity contribution in [3.63, 3.8) is 0 Å². The van der Waals surface area contributed by atoms with Crippen molar-refractivity contribution in [1.29, 1.82) is 0 Å².